The van der Waals surface area contributed by atoms with E-state index in [1.165, 1.54) is 6.26 Å². The van der Waals surface area contributed by atoms with Crippen LogP contribution >= 0.6 is 0 Å². The highest BCUT2D eigenvalue weighted by atomic mass is 32.2. The molecule has 2 atom stereocenters. The van der Waals surface area contributed by atoms with Gasteiger partial charge in [-0.05, 0) is 18.9 Å². The zero-order chi connectivity index (χ0) is 17.3. The third kappa shape index (κ3) is 7.99. The van der Waals surface area contributed by atoms with Crippen LogP contribution in [0.25, 0.3) is 0 Å². The van der Waals surface area contributed by atoms with E-state index in [9.17, 15) is 8.42 Å². The van der Waals surface area contributed by atoms with Crippen LogP contribution in [-0.4, -0.2) is 53.1 Å². The van der Waals surface area contributed by atoms with E-state index in [2.05, 4.69) is 15.6 Å². The Morgan fingerprint density at radius 1 is 1.30 bits per heavy atom. The Kier molecular flexibility index (Phi) is 8.05. The molecule has 130 valence electrons. The molecule has 0 spiro atoms. The average Bonchev–Trinajstić information content (AvgIpc) is 2.52. The second-order valence-corrected chi connectivity index (χ2v) is 7.81. The lowest BCUT2D eigenvalue weighted by Gasteiger charge is -2.21. The maximum absolute atomic E-state index is 11.2. The Bertz CT molecular complexity index is 588. The van der Waals surface area contributed by atoms with Crippen LogP contribution in [0.15, 0.2) is 35.3 Å². The molecular weight excluding hydrogens is 314 g/mol. The van der Waals surface area contributed by atoms with E-state index in [4.69, 9.17) is 4.74 Å². The van der Waals surface area contributed by atoms with Crippen LogP contribution in [0, 0.1) is 0 Å². The summed E-state index contributed by atoms with van der Waals surface area (Å²) in [4.78, 5) is 4.16. The minimum atomic E-state index is -2.95. The van der Waals surface area contributed by atoms with Crippen molar-refractivity contribution < 1.29 is 13.2 Å². The summed E-state index contributed by atoms with van der Waals surface area (Å²) in [7, 11) is 0.407. The molecule has 7 heteroatoms. The van der Waals surface area contributed by atoms with Crippen molar-refractivity contribution in [2.75, 3.05) is 32.7 Å². The minimum Gasteiger partial charge on any atom is -0.375 e. The number of nitrogens with zero attached hydrogens (tertiary/aromatic N) is 1. The number of hydrogen-bond donors (Lipinski definition) is 2. The van der Waals surface area contributed by atoms with E-state index < -0.39 is 9.84 Å². The van der Waals surface area contributed by atoms with E-state index in [1.807, 2.05) is 37.3 Å². The molecule has 1 aromatic rings. The molecule has 0 bridgehead atoms. The van der Waals surface area contributed by atoms with Crippen molar-refractivity contribution in [3.8, 4) is 0 Å². The first-order valence-electron chi connectivity index (χ1n) is 7.58. The maximum atomic E-state index is 11.2. The van der Waals surface area contributed by atoms with Crippen molar-refractivity contribution >= 4 is 15.8 Å². The van der Waals surface area contributed by atoms with Crippen LogP contribution in [0.4, 0.5) is 0 Å². The van der Waals surface area contributed by atoms with Gasteiger partial charge in [0.2, 0.25) is 0 Å². The molecule has 0 fully saturated rings. The van der Waals surface area contributed by atoms with E-state index in [1.54, 1.807) is 14.2 Å². The Labute approximate surface area is 139 Å². The molecule has 0 saturated heterocycles. The van der Waals surface area contributed by atoms with Gasteiger partial charge in [-0.15, -0.1) is 0 Å². The van der Waals surface area contributed by atoms with Crippen LogP contribution in [0.3, 0.4) is 0 Å². The van der Waals surface area contributed by atoms with Crippen molar-refractivity contribution in [3.05, 3.63) is 35.9 Å². The van der Waals surface area contributed by atoms with Crippen molar-refractivity contribution in [1.82, 2.24) is 10.6 Å². The Morgan fingerprint density at radius 3 is 2.48 bits per heavy atom. The number of guanidine groups is 1. The van der Waals surface area contributed by atoms with Crippen molar-refractivity contribution in [2.45, 2.75) is 25.5 Å². The first-order valence-corrected chi connectivity index (χ1v) is 9.64. The normalized spacial score (nSPS) is 15.0. The van der Waals surface area contributed by atoms with Gasteiger partial charge in [-0.2, -0.15) is 0 Å². The Balaban J connectivity index is 2.50. The molecule has 2 unspecified atom stereocenters. The van der Waals surface area contributed by atoms with E-state index in [0.717, 1.165) is 5.56 Å². The van der Waals surface area contributed by atoms with E-state index in [0.29, 0.717) is 18.9 Å². The second-order valence-electron chi connectivity index (χ2n) is 5.55. The predicted octanol–water partition coefficient (Wildman–Crippen LogP) is 1.36. The first-order chi connectivity index (χ1) is 10.9. The standard InChI is InChI=1S/C16H27N3O3S/c1-13(10-11-23(4,20)21)19-16(17-2)18-12-15(22-3)14-8-6-5-7-9-14/h5-9,13,15H,10-12H2,1-4H3,(H2,17,18,19). The molecule has 0 aliphatic carbocycles. The molecule has 0 heterocycles. The molecule has 2 N–H and O–H groups in total. The van der Waals surface area contributed by atoms with Crippen molar-refractivity contribution in [3.63, 3.8) is 0 Å². The molecule has 6 nitrogen and oxygen atoms in total. The van der Waals surface area contributed by atoms with Gasteiger partial charge >= 0.3 is 0 Å². The fourth-order valence-electron chi connectivity index (χ4n) is 2.09. The molecular formula is C16H27N3O3S. The van der Waals surface area contributed by atoms with Crippen LogP contribution < -0.4 is 10.6 Å². The van der Waals surface area contributed by atoms with Crippen molar-refractivity contribution in [2.24, 2.45) is 4.99 Å². The summed E-state index contributed by atoms with van der Waals surface area (Å²) in [5, 5.41) is 6.40. The van der Waals surface area contributed by atoms with E-state index >= 15 is 0 Å². The van der Waals surface area contributed by atoms with Crippen LogP contribution in [-0.2, 0) is 14.6 Å². The topological polar surface area (TPSA) is 79.8 Å². The molecule has 0 saturated carbocycles. The minimum absolute atomic E-state index is 0.00800. The number of methoxy groups -OCH3 is 1. The van der Waals surface area contributed by atoms with Gasteiger partial charge < -0.3 is 15.4 Å². The van der Waals surface area contributed by atoms with Crippen LogP contribution in [0.2, 0.25) is 0 Å². The molecule has 23 heavy (non-hydrogen) atoms. The summed E-state index contributed by atoms with van der Waals surface area (Å²) in [6, 6.07) is 9.95. The van der Waals surface area contributed by atoms with Crippen molar-refractivity contribution in [1.29, 1.82) is 0 Å². The number of benzene rings is 1. The lowest BCUT2D eigenvalue weighted by molar-refractivity contribution is 0.106. The zero-order valence-electron chi connectivity index (χ0n) is 14.2. The average molecular weight is 341 g/mol. The lowest BCUT2D eigenvalue weighted by Crippen LogP contribution is -2.44. The smallest absolute Gasteiger partial charge is 0.191 e. The van der Waals surface area contributed by atoms with Gasteiger partial charge in [0, 0.05) is 33.0 Å². The quantitative estimate of drug-likeness (QED) is 0.551. The summed E-state index contributed by atoms with van der Waals surface area (Å²) < 4.78 is 27.9. The fraction of sp³-hybridized carbons (Fsp3) is 0.562. The van der Waals surface area contributed by atoms with Gasteiger partial charge in [-0.3, -0.25) is 4.99 Å². The number of aliphatic imine (C=N–C) groups is 1. The van der Waals surface area contributed by atoms with Crippen LogP contribution in [0.5, 0.6) is 0 Å². The second kappa shape index (κ2) is 9.52. The van der Waals surface area contributed by atoms with Gasteiger partial charge in [0.05, 0.1) is 11.9 Å². The highest BCUT2D eigenvalue weighted by molar-refractivity contribution is 7.90. The highest BCUT2D eigenvalue weighted by Crippen LogP contribution is 2.14. The highest BCUT2D eigenvalue weighted by Gasteiger charge is 2.13. The summed E-state index contributed by atoms with van der Waals surface area (Å²) in [5.74, 6) is 0.784. The predicted molar refractivity (Wildman–Crippen MR) is 94.5 cm³/mol. The zero-order valence-corrected chi connectivity index (χ0v) is 15.1. The summed E-state index contributed by atoms with van der Waals surface area (Å²) in [5.41, 5.74) is 1.09. The molecule has 0 radical (unpaired) electrons. The van der Waals surface area contributed by atoms with Gasteiger partial charge in [-0.1, -0.05) is 30.3 Å². The summed E-state index contributed by atoms with van der Waals surface area (Å²) >= 11 is 0. The number of hydrogen-bond acceptors (Lipinski definition) is 4. The molecule has 1 rings (SSSR count). The monoisotopic (exact) mass is 341 g/mol. The number of rotatable bonds is 8. The molecule has 0 aromatic heterocycles. The van der Waals surface area contributed by atoms with Gasteiger partial charge in [-0.25, -0.2) is 8.42 Å². The number of ether oxygens (including phenoxy) is 1. The van der Waals surface area contributed by atoms with Crippen LogP contribution in [0.1, 0.15) is 25.0 Å². The SMILES string of the molecule is CN=C(NCC(OC)c1ccccc1)NC(C)CCS(C)(=O)=O. The molecule has 0 aliphatic rings. The van der Waals surface area contributed by atoms with Gasteiger partial charge in [0.1, 0.15) is 9.84 Å². The fourth-order valence-corrected chi connectivity index (χ4v) is 2.87. The Morgan fingerprint density at radius 2 is 1.96 bits per heavy atom. The summed E-state index contributed by atoms with van der Waals surface area (Å²) in [6.45, 7) is 2.50. The molecule has 1 aromatic carbocycles. The maximum Gasteiger partial charge on any atom is 0.191 e. The Hall–Kier alpha value is -1.60. The van der Waals surface area contributed by atoms with Gasteiger partial charge in [0.15, 0.2) is 5.96 Å². The lowest BCUT2D eigenvalue weighted by atomic mass is 10.1. The molecule has 0 aliphatic heterocycles. The summed E-state index contributed by atoms with van der Waals surface area (Å²) in [6.07, 6.45) is 1.70. The molecule has 0 amide bonds. The third-order valence-electron chi connectivity index (χ3n) is 3.44. The number of nitrogens with one attached hydrogen (secondary N) is 2. The third-order valence-corrected chi connectivity index (χ3v) is 4.42. The first kappa shape index (κ1) is 19.4. The van der Waals surface area contributed by atoms with Gasteiger partial charge in [0.25, 0.3) is 0 Å². The number of sulfone groups is 1. The van der Waals surface area contributed by atoms with E-state index in [-0.39, 0.29) is 17.9 Å². The largest absolute Gasteiger partial charge is 0.375 e.